The molecule has 0 saturated heterocycles. The van der Waals surface area contributed by atoms with Crippen LogP contribution in [0.4, 0.5) is 4.39 Å². The monoisotopic (exact) mass is 430 g/mol. The number of carbonyl (C=O) groups excluding carboxylic acids is 2. The number of amides is 2. The molecule has 0 aliphatic carbocycles. The molecule has 0 fully saturated rings. The molecule has 0 aliphatic rings. The van der Waals surface area contributed by atoms with Gasteiger partial charge in [-0.15, -0.1) is 0 Å². The molecule has 0 spiro atoms. The van der Waals surface area contributed by atoms with Crippen molar-refractivity contribution in [2.75, 3.05) is 7.11 Å². The summed E-state index contributed by atoms with van der Waals surface area (Å²) in [6.45, 7) is 0. The van der Waals surface area contributed by atoms with Gasteiger partial charge in [-0.1, -0.05) is 48.5 Å². The summed E-state index contributed by atoms with van der Waals surface area (Å²) in [5.74, 6) is -1.87. The second-order valence-electron chi connectivity index (χ2n) is 6.79. The molecular weight excluding hydrogens is 411 g/mol. The van der Waals surface area contributed by atoms with E-state index in [4.69, 9.17) is 4.74 Å². The highest BCUT2D eigenvalue weighted by Gasteiger charge is 2.20. The summed E-state index contributed by atoms with van der Waals surface area (Å²) in [5, 5.41) is 4.56. The fraction of sp³-hybridized carbons (Fsp3) is 0.0417. The standard InChI is InChI=1S/C24H19FN4O3/c1-32-18-12-13-19(21(25)14-18)23(30)26-27-24(31)20-15-29(17-10-6-3-7-11-17)28-22(20)16-8-4-2-5-9-16/h2-15H,1H3,(H,26,30)(H,27,31). The highest BCUT2D eigenvalue weighted by molar-refractivity contribution is 6.02. The molecule has 1 heterocycles. The lowest BCUT2D eigenvalue weighted by Gasteiger charge is -2.09. The second kappa shape index (κ2) is 9.13. The number of methoxy groups -OCH3 is 1. The van der Waals surface area contributed by atoms with Crippen LogP contribution >= 0.6 is 0 Å². The molecule has 0 bridgehead atoms. The number of para-hydroxylation sites is 1. The van der Waals surface area contributed by atoms with E-state index in [1.165, 1.54) is 19.2 Å². The smallest absolute Gasteiger partial charge is 0.273 e. The zero-order valence-corrected chi connectivity index (χ0v) is 17.1. The van der Waals surface area contributed by atoms with E-state index in [-0.39, 0.29) is 16.9 Å². The molecule has 1 aromatic heterocycles. The molecule has 0 radical (unpaired) electrons. The third-order valence-corrected chi connectivity index (χ3v) is 4.74. The number of aromatic nitrogens is 2. The summed E-state index contributed by atoms with van der Waals surface area (Å²) in [4.78, 5) is 25.3. The van der Waals surface area contributed by atoms with Gasteiger partial charge in [0.2, 0.25) is 0 Å². The lowest BCUT2D eigenvalue weighted by molar-refractivity contribution is 0.0844. The molecule has 2 amide bonds. The van der Waals surface area contributed by atoms with Crippen molar-refractivity contribution in [3.63, 3.8) is 0 Å². The average Bonchev–Trinajstić information content (AvgIpc) is 3.29. The van der Waals surface area contributed by atoms with Gasteiger partial charge in [-0.3, -0.25) is 20.4 Å². The Morgan fingerprint density at radius 1 is 0.875 bits per heavy atom. The average molecular weight is 430 g/mol. The van der Waals surface area contributed by atoms with E-state index >= 15 is 0 Å². The van der Waals surface area contributed by atoms with Crippen LogP contribution in [0.1, 0.15) is 20.7 Å². The molecule has 160 valence electrons. The van der Waals surface area contributed by atoms with E-state index < -0.39 is 17.6 Å². The van der Waals surface area contributed by atoms with Gasteiger partial charge in [0.25, 0.3) is 11.8 Å². The van der Waals surface area contributed by atoms with Crippen molar-refractivity contribution in [1.29, 1.82) is 0 Å². The zero-order valence-electron chi connectivity index (χ0n) is 17.1. The maximum Gasteiger partial charge on any atom is 0.273 e. The Morgan fingerprint density at radius 3 is 2.12 bits per heavy atom. The number of hydrogen-bond donors (Lipinski definition) is 2. The predicted octanol–water partition coefficient (Wildman–Crippen LogP) is 3.76. The summed E-state index contributed by atoms with van der Waals surface area (Å²) in [5.41, 5.74) is 6.55. The van der Waals surface area contributed by atoms with Crippen LogP contribution in [0.3, 0.4) is 0 Å². The van der Waals surface area contributed by atoms with Crippen LogP contribution in [0.25, 0.3) is 16.9 Å². The van der Waals surface area contributed by atoms with Crippen molar-refractivity contribution in [3.05, 3.63) is 102 Å². The Morgan fingerprint density at radius 2 is 1.50 bits per heavy atom. The minimum atomic E-state index is -0.796. The number of carbonyl (C=O) groups is 2. The van der Waals surface area contributed by atoms with Gasteiger partial charge >= 0.3 is 0 Å². The quantitative estimate of drug-likeness (QED) is 0.472. The van der Waals surface area contributed by atoms with Crippen molar-refractivity contribution < 1.29 is 18.7 Å². The van der Waals surface area contributed by atoms with Crippen molar-refractivity contribution in [1.82, 2.24) is 20.6 Å². The maximum absolute atomic E-state index is 14.1. The summed E-state index contributed by atoms with van der Waals surface area (Å²) < 4.78 is 20.7. The van der Waals surface area contributed by atoms with Gasteiger partial charge in [0.1, 0.15) is 17.3 Å². The van der Waals surface area contributed by atoms with Gasteiger partial charge in [0.05, 0.1) is 23.9 Å². The molecule has 0 saturated carbocycles. The minimum absolute atomic E-state index is 0.227. The molecule has 7 nitrogen and oxygen atoms in total. The predicted molar refractivity (Wildman–Crippen MR) is 117 cm³/mol. The number of ether oxygens (including phenoxy) is 1. The highest BCUT2D eigenvalue weighted by atomic mass is 19.1. The van der Waals surface area contributed by atoms with Gasteiger partial charge in [0, 0.05) is 17.8 Å². The van der Waals surface area contributed by atoms with E-state index in [1.54, 1.807) is 10.9 Å². The van der Waals surface area contributed by atoms with Crippen LogP contribution < -0.4 is 15.6 Å². The SMILES string of the molecule is COc1ccc(C(=O)NNC(=O)c2cn(-c3ccccc3)nc2-c2ccccc2)c(F)c1. The van der Waals surface area contributed by atoms with Gasteiger partial charge in [-0.25, -0.2) is 9.07 Å². The third-order valence-electron chi connectivity index (χ3n) is 4.74. The van der Waals surface area contributed by atoms with E-state index in [0.717, 1.165) is 17.3 Å². The normalized spacial score (nSPS) is 10.4. The van der Waals surface area contributed by atoms with Crippen LogP contribution in [0, 0.1) is 5.82 Å². The first-order chi connectivity index (χ1) is 15.6. The number of nitrogens with one attached hydrogen (secondary N) is 2. The van der Waals surface area contributed by atoms with Crippen molar-refractivity contribution in [2.24, 2.45) is 0 Å². The molecule has 4 aromatic rings. The van der Waals surface area contributed by atoms with Crippen LogP contribution in [0.15, 0.2) is 85.1 Å². The van der Waals surface area contributed by atoms with Gasteiger partial charge in [-0.05, 0) is 24.3 Å². The van der Waals surface area contributed by atoms with Crippen LogP contribution in [-0.4, -0.2) is 28.7 Å². The fourth-order valence-corrected chi connectivity index (χ4v) is 3.12. The van der Waals surface area contributed by atoms with E-state index in [9.17, 15) is 14.0 Å². The minimum Gasteiger partial charge on any atom is -0.497 e. The molecule has 8 heteroatoms. The number of halogens is 1. The lowest BCUT2D eigenvalue weighted by atomic mass is 10.1. The molecule has 0 unspecified atom stereocenters. The third kappa shape index (κ3) is 4.34. The fourth-order valence-electron chi connectivity index (χ4n) is 3.12. The number of hydrogen-bond acceptors (Lipinski definition) is 4. The number of benzene rings is 3. The van der Waals surface area contributed by atoms with Gasteiger partial charge in [0.15, 0.2) is 0 Å². The molecule has 0 atom stereocenters. The maximum atomic E-state index is 14.1. The molecule has 4 rings (SSSR count). The van der Waals surface area contributed by atoms with E-state index in [0.29, 0.717) is 5.69 Å². The molecular formula is C24H19FN4O3. The topological polar surface area (TPSA) is 85.3 Å². The zero-order chi connectivity index (χ0) is 22.5. The second-order valence-corrected chi connectivity index (χ2v) is 6.79. The first-order valence-corrected chi connectivity index (χ1v) is 9.71. The Bertz CT molecular complexity index is 1260. The van der Waals surface area contributed by atoms with Crippen molar-refractivity contribution in [3.8, 4) is 22.7 Å². The summed E-state index contributed by atoms with van der Waals surface area (Å²) >= 11 is 0. The summed E-state index contributed by atoms with van der Waals surface area (Å²) in [6, 6.07) is 22.4. The van der Waals surface area contributed by atoms with E-state index in [2.05, 4.69) is 16.0 Å². The lowest BCUT2D eigenvalue weighted by Crippen LogP contribution is -2.42. The number of nitrogens with zero attached hydrogens (tertiary/aromatic N) is 2. The van der Waals surface area contributed by atoms with Gasteiger partial charge in [-0.2, -0.15) is 5.10 Å². The number of hydrazine groups is 1. The number of rotatable bonds is 5. The van der Waals surface area contributed by atoms with Crippen molar-refractivity contribution >= 4 is 11.8 Å². The molecule has 3 aromatic carbocycles. The summed E-state index contributed by atoms with van der Waals surface area (Å²) in [6.07, 6.45) is 1.58. The van der Waals surface area contributed by atoms with E-state index in [1.807, 2.05) is 60.7 Å². The first-order valence-electron chi connectivity index (χ1n) is 9.71. The Kier molecular flexibility index (Phi) is 5.94. The Hall–Kier alpha value is -4.46. The molecule has 2 N–H and O–H groups in total. The Balaban J connectivity index is 1.59. The van der Waals surface area contributed by atoms with Crippen LogP contribution in [0.2, 0.25) is 0 Å². The van der Waals surface area contributed by atoms with Crippen LogP contribution in [0.5, 0.6) is 5.75 Å². The largest absolute Gasteiger partial charge is 0.497 e. The van der Waals surface area contributed by atoms with Gasteiger partial charge < -0.3 is 4.74 Å². The Labute approximate surface area is 183 Å². The first kappa shape index (κ1) is 20.8. The van der Waals surface area contributed by atoms with Crippen molar-refractivity contribution in [2.45, 2.75) is 0 Å². The molecule has 32 heavy (non-hydrogen) atoms. The molecule has 0 aliphatic heterocycles. The highest BCUT2D eigenvalue weighted by Crippen LogP contribution is 2.23. The summed E-state index contributed by atoms with van der Waals surface area (Å²) in [7, 11) is 1.40. The van der Waals surface area contributed by atoms with Crippen LogP contribution in [-0.2, 0) is 0 Å².